The molecule has 4 nitrogen and oxygen atoms in total. The summed E-state index contributed by atoms with van der Waals surface area (Å²) in [5, 5.41) is 0.612. The van der Waals surface area contributed by atoms with Crippen LogP contribution in [0.1, 0.15) is 5.56 Å². The summed E-state index contributed by atoms with van der Waals surface area (Å²) < 4.78 is 25.1. The summed E-state index contributed by atoms with van der Waals surface area (Å²) in [6, 6.07) is 6.76. The standard InChI is InChI=1S/C16H20BrNO3S/c1-3-8-18-10-13(9-17)15(16(18)19)11-22(20,21)14-6-4-12(2)5-7-14/h3-7,13,15H,1,8-11H2,2H3/t13-,15+/m0/s1. The van der Waals surface area contributed by atoms with Crippen molar-refractivity contribution in [2.75, 3.05) is 24.2 Å². The van der Waals surface area contributed by atoms with E-state index in [-0.39, 0.29) is 22.5 Å². The average Bonchev–Trinajstić information content (AvgIpc) is 2.76. The maximum absolute atomic E-state index is 12.6. The number of aryl methyl sites for hydroxylation is 1. The van der Waals surface area contributed by atoms with Gasteiger partial charge in [0.05, 0.1) is 16.6 Å². The molecular weight excluding hydrogens is 366 g/mol. The minimum Gasteiger partial charge on any atom is -0.338 e. The van der Waals surface area contributed by atoms with Crippen molar-refractivity contribution in [3.8, 4) is 0 Å². The second kappa shape index (κ2) is 6.96. The molecule has 0 spiro atoms. The lowest BCUT2D eigenvalue weighted by molar-refractivity contribution is -0.130. The lowest BCUT2D eigenvalue weighted by Gasteiger charge is -2.15. The molecule has 22 heavy (non-hydrogen) atoms. The molecule has 1 saturated heterocycles. The SMILES string of the molecule is C=CCN1C[C@H](CBr)[C@@H](CS(=O)(=O)c2ccc(C)cc2)C1=O. The van der Waals surface area contributed by atoms with E-state index in [1.54, 1.807) is 35.2 Å². The van der Waals surface area contributed by atoms with Gasteiger partial charge in [-0.05, 0) is 25.0 Å². The first-order valence-electron chi connectivity index (χ1n) is 7.14. The molecule has 0 saturated carbocycles. The zero-order valence-corrected chi connectivity index (χ0v) is 14.9. The summed E-state index contributed by atoms with van der Waals surface area (Å²) in [4.78, 5) is 14.4. The second-order valence-corrected chi connectivity index (χ2v) is 8.33. The summed E-state index contributed by atoms with van der Waals surface area (Å²) in [5.41, 5.74) is 1.01. The van der Waals surface area contributed by atoms with Gasteiger partial charge in [0.25, 0.3) is 0 Å². The Hall–Kier alpha value is -1.14. The number of rotatable bonds is 6. The second-order valence-electron chi connectivity index (χ2n) is 5.65. The van der Waals surface area contributed by atoms with Gasteiger partial charge in [0.2, 0.25) is 5.91 Å². The largest absolute Gasteiger partial charge is 0.338 e. The summed E-state index contributed by atoms with van der Waals surface area (Å²) in [5.74, 6) is -0.725. The van der Waals surface area contributed by atoms with Crippen LogP contribution in [0.3, 0.4) is 0 Å². The van der Waals surface area contributed by atoms with Crippen LogP contribution in [-0.2, 0) is 14.6 Å². The molecule has 1 amide bonds. The molecule has 2 atom stereocenters. The van der Waals surface area contributed by atoms with Crippen molar-refractivity contribution in [3.63, 3.8) is 0 Å². The Morgan fingerprint density at radius 3 is 2.55 bits per heavy atom. The number of carbonyl (C=O) groups is 1. The number of carbonyl (C=O) groups excluding carboxylic acids is 1. The van der Waals surface area contributed by atoms with Crippen LogP contribution >= 0.6 is 15.9 Å². The monoisotopic (exact) mass is 385 g/mol. The predicted octanol–water partition coefficient (Wildman–Crippen LogP) is 2.42. The van der Waals surface area contributed by atoms with Crippen LogP contribution in [0, 0.1) is 18.8 Å². The summed E-state index contributed by atoms with van der Waals surface area (Å²) in [6.07, 6.45) is 1.67. The van der Waals surface area contributed by atoms with Gasteiger partial charge < -0.3 is 4.90 Å². The Balaban J connectivity index is 2.22. The van der Waals surface area contributed by atoms with E-state index in [0.29, 0.717) is 18.4 Å². The van der Waals surface area contributed by atoms with Crippen molar-refractivity contribution in [3.05, 3.63) is 42.5 Å². The number of nitrogens with zero attached hydrogens (tertiary/aromatic N) is 1. The first-order valence-corrected chi connectivity index (χ1v) is 9.91. The van der Waals surface area contributed by atoms with Gasteiger partial charge in [0.15, 0.2) is 9.84 Å². The summed E-state index contributed by atoms with van der Waals surface area (Å²) in [6.45, 7) is 6.58. The molecular formula is C16H20BrNO3S. The zero-order valence-electron chi connectivity index (χ0n) is 12.5. The fourth-order valence-electron chi connectivity index (χ4n) is 2.70. The van der Waals surface area contributed by atoms with E-state index in [4.69, 9.17) is 0 Å². The average molecular weight is 386 g/mol. The Morgan fingerprint density at radius 1 is 1.36 bits per heavy atom. The Bertz CT molecular complexity index is 654. The van der Waals surface area contributed by atoms with Crippen molar-refractivity contribution in [1.82, 2.24) is 4.90 Å². The fraction of sp³-hybridized carbons (Fsp3) is 0.438. The maximum Gasteiger partial charge on any atom is 0.227 e. The van der Waals surface area contributed by atoms with Gasteiger partial charge in [0.1, 0.15) is 0 Å². The van der Waals surface area contributed by atoms with Crippen molar-refractivity contribution in [2.45, 2.75) is 11.8 Å². The number of likely N-dealkylation sites (tertiary alicyclic amines) is 1. The third kappa shape index (κ3) is 3.60. The number of benzene rings is 1. The van der Waals surface area contributed by atoms with Crippen molar-refractivity contribution >= 4 is 31.7 Å². The molecule has 0 N–H and O–H groups in total. The first-order chi connectivity index (χ1) is 10.4. The lowest BCUT2D eigenvalue weighted by Crippen LogP contribution is -2.30. The van der Waals surface area contributed by atoms with Crippen LogP contribution in [0.25, 0.3) is 0 Å². The number of halogens is 1. The molecule has 0 unspecified atom stereocenters. The molecule has 0 bridgehead atoms. The minimum atomic E-state index is -3.47. The molecule has 1 aromatic rings. The highest BCUT2D eigenvalue weighted by atomic mass is 79.9. The summed E-state index contributed by atoms with van der Waals surface area (Å²) >= 11 is 3.40. The Kier molecular flexibility index (Phi) is 5.45. The topological polar surface area (TPSA) is 54.5 Å². The van der Waals surface area contributed by atoms with Gasteiger partial charge in [-0.15, -0.1) is 6.58 Å². The van der Waals surface area contributed by atoms with Crippen LogP contribution in [0.2, 0.25) is 0 Å². The number of sulfone groups is 1. The smallest absolute Gasteiger partial charge is 0.227 e. The van der Waals surface area contributed by atoms with Crippen LogP contribution < -0.4 is 0 Å². The van der Waals surface area contributed by atoms with E-state index in [9.17, 15) is 13.2 Å². The van der Waals surface area contributed by atoms with Crippen molar-refractivity contribution in [2.24, 2.45) is 11.8 Å². The summed E-state index contributed by atoms with van der Waals surface area (Å²) in [7, 11) is -3.47. The third-order valence-corrected chi connectivity index (χ3v) is 6.60. The quantitative estimate of drug-likeness (QED) is 0.558. The van der Waals surface area contributed by atoms with Gasteiger partial charge >= 0.3 is 0 Å². The van der Waals surface area contributed by atoms with Crippen LogP contribution in [0.4, 0.5) is 0 Å². The third-order valence-electron chi connectivity index (χ3n) is 3.98. The van der Waals surface area contributed by atoms with Crippen LogP contribution in [0.15, 0.2) is 41.8 Å². The van der Waals surface area contributed by atoms with E-state index in [1.807, 2.05) is 6.92 Å². The molecule has 2 rings (SSSR count). The normalized spacial score (nSPS) is 22.1. The van der Waals surface area contributed by atoms with Gasteiger partial charge in [-0.3, -0.25) is 4.79 Å². The van der Waals surface area contributed by atoms with Gasteiger partial charge in [0, 0.05) is 18.4 Å². The van der Waals surface area contributed by atoms with E-state index in [1.165, 1.54) is 0 Å². The van der Waals surface area contributed by atoms with Gasteiger partial charge in [-0.1, -0.05) is 39.7 Å². The highest BCUT2D eigenvalue weighted by molar-refractivity contribution is 9.09. The number of amides is 1. The van der Waals surface area contributed by atoms with Gasteiger partial charge in [-0.2, -0.15) is 0 Å². The fourth-order valence-corrected chi connectivity index (χ4v) is 4.99. The van der Waals surface area contributed by atoms with Crippen LogP contribution in [0.5, 0.6) is 0 Å². The van der Waals surface area contributed by atoms with Crippen molar-refractivity contribution in [1.29, 1.82) is 0 Å². The van der Waals surface area contributed by atoms with E-state index in [2.05, 4.69) is 22.5 Å². The van der Waals surface area contributed by atoms with E-state index in [0.717, 1.165) is 5.56 Å². The molecule has 1 aromatic carbocycles. The van der Waals surface area contributed by atoms with Crippen LogP contribution in [-0.4, -0.2) is 43.4 Å². The molecule has 1 aliphatic heterocycles. The maximum atomic E-state index is 12.6. The first kappa shape index (κ1) is 17.2. The zero-order chi connectivity index (χ0) is 16.3. The molecule has 0 radical (unpaired) electrons. The number of alkyl halides is 1. The molecule has 1 aliphatic rings. The molecule has 0 aliphatic carbocycles. The number of hydrogen-bond acceptors (Lipinski definition) is 3. The molecule has 1 heterocycles. The molecule has 120 valence electrons. The Labute approximate surface area is 140 Å². The van der Waals surface area contributed by atoms with Crippen molar-refractivity contribution < 1.29 is 13.2 Å². The lowest BCUT2D eigenvalue weighted by atomic mass is 10.00. The molecule has 6 heteroatoms. The number of hydrogen-bond donors (Lipinski definition) is 0. The molecule has 1 fully saturated rings. The van der Waals surface area contributed by atoms with E-state index < -0.39 is 15.8 Å². The van der Waals surface area contributed by atoms with E-state index >= 15 is 0 Å². The highest BCUT2D eigenvalue weighted by Gasteiger charge is 2.41. The predicted molar refractivity (Wildman–Crippen MR) is 90.8 cm³/mol. The Morgan fingerprint density at radius 2 is 2.00 bits per heavy atom. The molecule has 0 aromatic heterocycles. The van der Waals surface area contributed by atoms with Gasteiger partial charge in [-0.25, -0.2) is 8.42 Å². The minimum absolute atomic E-state index is 0.00710. The highest BCUT2D eigenvalue weighted by Crippen LogP contribution is 2.29.